The monoisotopic (exact) mass is 272 g/mol. The molecule has 0 spiro atoms. The van der Waals surface area contributed by atoms with Crippen LogP contribution in [-0.2, 0) is 14.6 Å². The van der Waals surface area contributed by atoms with Gasteiger partial charge >= 0.3 is 5.97 Å². The number of carbonyl (C=O) groups is 1. The molecule has 0 aliphatic heterocycles. The summed E-state index contributed by atoms with van der Waals surface area (Å²) in [5.74, 6) is -3.11. The standard InChI is InChI=1S/C12H13FO4S/c1-2-18(16,17)11-9(10(11)12(14)15)7-3-5-8(13)6-4-7/h3-6,9-11H,2H2,1H3,(H,14,15)/t9-,10-,11-/m0/s1. The van der Waals surface area contributed by atoms with Crippen LogP contribution in [0.1, 0.15) is 18.4 Å². The quantitative estimate of drug-likeness (QED) is 0.900. The lowest BCUT2D eigenvalue weighted by atomic mass is 10.1. The van der Waals surface area contributed by atoms with Gasteiger partial charge in [0.25, 0.3) is 0 Å². The molecule has 2 rings (SSSR count). The van der Waals surface area contributed by atoms with Crippen LogP contribution in [0.4, 0.5) is 4.39 Å². The summed E-state index contributed by atoms with van der Waals surface area (Å²) in [5.41, 5.74) is 0.561. The second-order valence-corrected chi connectivity index (χ2v) is 6.80. The molecule has 98 valence electrons. The molecule has 1 aromatic carbocycles. The Balaban J connectivity index is 2.33. The average Bonchev–Trinajstić information content (AvgIpc) is 3.06. The SMILES string of the molecule is CCS(=O)(=O)[C@@H]1[C@@H](C(=O)O)[C@@H]1c1ccc(F)cc1. The van der Waals surface area contributed by atoms with E-state index in [4.69, 9.17) is 5.11 Å². The third kappa shape index (κ3) is 2.12. The highest BCUT2D eigenvalue weighted by Gasteiger charge is 2.62. The summed E-state index contributed by atoms with van der Waals surface area (Å²) in [7, 11) is -3.40. The second kappa shape index (κ2) is 4.35. The first kappa shape index (κ1) is 13.0. The van der Waals surface area contributed by atoms with E-state index >= 15 is 0 Å². The Bertz CT molecular complexity index is 564. The molecule has 3 atom stereocenters. The number of hydrogen-bond acceptors (Lipinski definition) is 3. The van der Waals surface area contributed by atoms with E-state index in [-0.39, 0.29) is 5.75 Å². The Hall–Kier alpha value is -1.43. The zero-order valence-electron chi connectivity index (χ0n) is 9.71. The van der Waals surface area contributed by atoms with Gasteiger partial charge in [0, 0.05) is 11.7 Å². The Kier molecular flexibility index (Phi) is 3.14. The van der Waals surface area contributed by atoms with Crippen LogP contribution in [0.15, 0.2) is 24.3 Å². The molecule has 0 radical (unpaired) electrons. The maximum absolute atomic E-state index is 12.8. The van der Waals surface area contributed by atoms with Gasteiger partial charge < -0.3 is 5.11 Å². The van der Waals surface area contributed by atoms with Crippen molar-refractivity contribution in [3.05, 3.63) is 35.6 Å². The predicted octanol–water partition coefficient (Wildman–Crippen LogP) is 1.43. The van der Waals surface area contributed by atoms with Crippen LogP contribution in [0.25, 0.3) is 0 Å². The van der Waals surface area contributed by atoms with Gasteiger partial charge in [-0.05, 0) is 17.7 Å². The highest BCUT2D eigenvalue weighted by atomic mass is 32.2. The van der Waals surface area contributed by atoms with Crippen molar-refractivity contribution in [1.29, 1.82) is 0 Å². The van der Waals surface area contributed by atoms with Gasteiger partial charge in [-0.3, -0.25) is 4.79 Å². The molecule has 4 nitrogen and oxygen atoms in total. The van der Waals surface area contributed by atoms with E-state index in [2.05, 4.69) is 0 Å². The third-order valence-corrected chi connectivity index (χ3v) is 5.53. The average molecular weight is 272 g/mol. The fourth-order valence-corrected chi connectivity index (χ4v) is 4.10. The van der Waals surface area contributed by atoms with E-state index in [1.807, 2.05) is 0 Å². The number of halogens is 1. The molecule has 0 amide bonds. The molecular weight excluding hydrogens is 259 g/mol. The van der Waals surface area contributed by atoms with E-state index in [0.29, 0.717) is 5.56 Å². The summed E-state index contributed by atoms with van der Waals surface area (Å²) in [4.78, 5) is 11.0. The molecular formula is C12H13FO4S. The fraction of sp³-hybridized carbons (Fsp3) is 0.417. The molecule has 1 aliphatic rings. The smallest absolute Gasteiger partial charge is 0.308 e. The van der Waals surface area contributed by atoms with E-state index in [9.17, 15) is 17.6 Å². The van der Waals surface area contributed by atoms with Crippen molar-refractivity contribution in [2.45, 2.75) is 18.1 Å². The molecule has 0 bridgehead atoms. The summed E-state index contributed by atoms with van der Waals surface area (Å²) in [5, 5.41) is 8.15. The number of sulfone groups is 1. The van der Waals surface area contributed by atoms with Gasteiger partial charge in [0.05, 0.1) is 11.2 Å². The zero-order valence-corrected chi connectivity index (χ0v) is 10.5. The molecule has 6 heteroatoms. The fourth-order valence-electron chi connectivity index (χ4n) is 2.30. The van der Waals surface area contributed by atoms with Crippen molar-refractivity contribution in [1.82, 2.24) is 0 Å². The highest BCUT2D eigenvalue weighted by Crippen LogP contribution is 2.52. The minimum absolute atomic E-state index is 0.0842. The summed E-state index contributed by atoms with van der Waals surface area (Å²) in [6, 6.07) is 5.31. The van der Waals surface area contributed by atoms with E-state index in [1.54, 1.807) is 0 Å². The van der Waals surface area contributed by atoms with Gasteiger partial charge in [-0.15, -0.1) is 0 Å². The number of carboxylic acid groups (broad SMARTS) is 1. The molecule has 1 saturated carbocycles. The first-order valence-electron chi connectivity index (χ1n) is 5.58. The number of hydrogen-bond donors (Lipinski definition) is 1. The Morgan fingerprint density at radius 1 is 1.33 bits per heavy atom. The Morgan fingerprint density at radius 2 is 1.89 bits per heavy atom. The minimum Gasteiger partial charge on any atom is -0.481 e. The maximum Gasteiger partial charge on any atom is 0.308 e. The molecule has 0 saturated heterocycles. The minimum atomic E-state index is -3.40. The Labute approximate surface area is 104 Å². The third-order valence-electron chi connectivity index (χ3n) is 3.31. The largest absolute Gasteiger partial charge is 0.481 e. The molecule has 1 N–H and O–H groups in total. The Morgan fingerprint density at radius 3 is 2.33 bits per heavy atom. The van der Waals surface area contributed by atoms with Crippen LogP contribution in [0, 0.1) is 11.7 Å². The highest BCUT2D eigenvalue weighted by molar-refractivity contribution is 7.92. The lowest BCUT2D eigenvalue weighted by Crippen LogP contribution is -2.14. The van der Waals surface area contributed by atoms with Gasteiger partial charge in [-0.1, -0.05) is 19.1 Å². The second-order valence-electron chi connectivity index (χ2n) is 4.36. The number of rotatable bonds is 4. The molecule has 0 aromatic heterocycles. The van der Waals surface area contributed by atoms with Gasteiger partial charge in [0.15, 0.2) is 9.84 Å². The van der Waals surface area contributed by atoms with Crippen LogP contribution < -0.4 is 0 Å². The molecule has 1 aliphatic carbocycles. The van der Waals surface area contributed by atoms with Crippen molar-refractivity contribution in [2.24, 2.45) is 5.92 Å². The van der Waals surface area contributed by atoms with Crippen molar-refractivity contribution < 1.29 is 22.7 Å². The van der Waals surface area contributed by atoms with E-state index < -0.39 is 38.7 Å². The van der Waals surface area contributed by atoms with Gasteiger partial charge in [-0.2, -0.15) is 0 Å². The van der Waals surface area contributed by atoms with Crippen LogP contribution in [0.3, 0.4) is 0 Å². The normalized spacial score (nSPS) is 26.9. The lowest BCUT2D eigenvalue weighted by molar-refractivity contribution is -0.138. The van der Waals surface area contributed by atoms with Gasteiger partial charge in [0.1, 0.15) is 5.82 Å². The van der Waals surface area contributed by atoms with Crippen LogP contribution >= 0.6 is 0 Å². The topological polar surface area (TPSA) is 71.4 Å². The summed E-state index contributed by atoms with van der Waals surface area (Å²) in [6.45, 7) is 1.49. The first-order chi connectivity index (χ1) is 8.38. The van der Waals surface area contributed by atoms with Crippen molar-refractivity contribution in [3.63, 3.8) is 0 Å². The molecule has 0 unspecified atom stereocenters. The van der Waals surface area contributed by atoms with E-state index in [0.717, 1.165) is 0 Å². The summed E-state index contributed by atoms with van der Waals surface area (Å²) in [6.07, 6.45) is 0. The van der Waals surface area contributed by atoms with Crippen molar-refractivity contribution >= 4 is 15.8 Å². The number of benzene rings is 1. The molecule has 1 fully saturated rings. The van der Waals surface area contributed by atoms with E-state index in [1.165, 1.54) is 31.2 Å². The van der Waals surface area contributed by atoms with Crippen molar-refractivity contribution in [2.75, 3.05) is 5.75 Å². The molecule has 18 heavy (non-hydrogen) atoms. The van der Waals surface area contributed by atoms with Gasteiger partial charge in [0.2, 0.25) is 0 Å². The van der Waals surface area contributed by atoms with Crippen molar-refractivity contribution in [3.8, 4) is 0 Å². The van der Waals surface area contributed by atoms with Crippen LogP contribution in [-0.4, -0.2) is 30.5 Å². The van der Waals surface area contributed by atoms with Gasteiger partial charge in [-0.25, -0.2) is 12.8 Å². The number of carboxylic acids is 1. The maximum atomic E-state index is 12.8. The van der Waals surface area contributed by atoms with Crippen LogP contribution in [0.5, 0.6) is 0 Å². The predicted molar refractivity (Wildman–Crippen MR) is 63.5 cm³/mol. The lowest BCUT2D eigenvalue weighted by Gasteiger charge is -2.00. The zero-order chi connectivity index (χ0) is 13.5. The molecule has 1 aromatic rings. The summed E-state index contributed by atoms with van der Waals surface area (Å²) < 4.78 is 36.4. The molecule has 0 heterocycles. The van der Waals surface area contributed by atoms with Crippen LogP contribution in [0.2, 0.25) is 0 Å². The summed E-state index contributed by atoms with van der Waals surface area (Å²) >= 11 is 0. The number of aliphatic carboxylic acids is 1. The first-order valence-corrected chi connectivity index (χ1v) is 7.30.